The molecule has 0 radical (unpaired) electrons. The molecule has 0 spiro atoms. The van der Waals surface area contributed by atoms with Gasteiger partial charge >= 0.3 is 0 Å². The fraction of sp³-hybridized carbons (Fsp3) is 0.0556. The van der Waals surface area contributed by atoms with Crippen molar-refractivity contribution in [1.29, 1.82) is 5.26 Å². The Bertz CT molecular complexity index is 2140. The number of fused-ring (bicyclic) bond motifs is 6. The largest absolute Gasteiger partial charge is 0.456 e. The maximum atomic E-state index is 10.6. The number of nitrogens with zero attached hydrogens (tertiary/aromatic N) is 3. The third-order valence-electron chi connectivity index (χ3n) is 8.04. The fourth-order valence-corrected chi connectivity index (χ4v) is 6.29. The summed E-state index contributed by atoms with van der Waals surface area (Å²) < 4.78 is 8.50. The summed E-state index contributed by atoms with van der Waals surface area (Å²) in [5.41, 5.74) is 7.91. The zero-order valence-electron chi connectivity index (χ0n) is 21.5. The molecular weight excluding hydrogens is 490 g/mol. The van der Waals surface area contributed by atoms with Crippen molar-refractivity contribution in [2.45, 2.75) is 6.04 Å². The van der Waals surface area contributed by atoms with Crippen molar-refractivity contribution >= 4 is 54.9 Å². The topological polar surface area (TPSA) is 54.8 Å². The van der Waals surface area contributed by atoms with E-state index in [1.807, 2.05) is 36.4 Å². The number of pyridine rings is 1. The van der Waals surface area contributed by atoms with E-state index in [9.17, 15) is 5.26 Å². The summed E-state index contributed by atoms with van der Waals surface area (Å²) in [6, 6.07) is 39.8. The number of furan rings is 1. The molecule has 4 aromatic carbocycles. The van der Waals surface area contributed by atoms with E-state index in [0.29, 0.717) is 0 Å². The first-order valence-corrected chi connectivity index (χ1v) is 13.4. The van der Waals surface area contributed by atoms with E-state index in [0.717, 1.165) is 55.4 Å². The van der Waals surface area contributed by atoms with E-state index in [4.69, 9.17) is 4.42 Å². The summed E-state index contributed by atoms with van der Waals surface area (Å²) in [5, 5.41) is 15.2. The zero-order valence-corrected chi connectivity index (χ0v) is 21.5. The molecule has 1 aliphatic rings. The van der Waals surface area contributed by atoms with E-state index in [-0.39, 0.29) is 6.04 Å². The van der Waals surface area contributed by atoms with Crippen LogP contribution in [-0.2, 0) is 0 Å². The highest BCUT2D eigenvalue weighted by Crippen LogP contribution is 2.46. The predicted molar refractivity (Wildman–Crippen MR) is 161 cm³/mol. The van der Waals surface area contributed by atoms with Crippen LogP contribution in [0.1, 0.15) is 17.3 Å². The Kier molecular flexibility index (Phi) is 4.98. The highest BCUT2D eigenvalue weighted by Gasteiger charge is 2.33. The third kappa shape index (κ3) is 3.35. The van der Waals surface area contributed by atoms with Crippen molar-refractivity contribution in [2.24, 2.45) is 5.92 Å². The highest BCUT2D eigenvalue weighted by molar-refractivity contribution is 6.09. The molecule has 3 aromatic heterocycles. The van der Waals surface area contributed by atoms with Gasteiger partial charge in [0.05, 0.1) is 23.7 Å². The smallest absolute Gasteiger partial charge is 0.135 e. The minimum absolute atomic E-state index is 0.238. The maximum Gasteiger partial charge on any atom is 0.135 e. The molecule has 4 nitrogen and oxygen atoms in total. The number of para-hydroxylation sites is 3. The molecule has 7 aromatic rings. The number of benzene rings is 4. The van der Waals surface area contributed by atoms with Crippen molar-refractivity contribution in [3.63, 3.8) is 0 Å². The summed E-state index contributed by atoms with van der Waals surface area (Å²) >= 11 is 0. The van der Waals surface area contributed by atoms with Crippen molar-refractivity contribution in [3.05, 3.63) is 139 Å². The summed E-state index contributed by atoms with van der Waals surface area (Å²) in [6.45, 7) is 0. The lowest BCUT2D eigenvalue weighted by Crippen LogP contribution is -2.22. The molecule has 1 aliphatic carbocycles. The SMILES string of the molecule is N#CC1C=C(c2ccccn2)C=C(c2ccc3oc4ccccc4c3c2)C1n1c2ccccc2c2ccccc21. The minimum Gasteiger partial charge on any atom is -0.456 e. The molecule has 2 unspecified atom stereocenters. The minimum atomic E-state index is -0.409. The van der Waals surface area contributed by atoms with Crippen LogP contribution in [0.15, 0.2) is 132 Å². The van der Waals surface area contributed by atoms with Gasteiger partial charge < -0.3 is 8.98 Å². The highest BCUT2D eigenvalue weighted by atomic mass is 16.3. The first-order valence-electron chi connectivity index (χ1n) is 13.4. The molecule has 0 aliphatic heterocycles. The summed E-state index contributed by atoms with van der Waals surface area (Å²) in [4.78, 5) is 4.63. The lowest BCUT2D eigenvalue weighted by atomic mass is 9.81. The second kappa shape index (κ2) is 8.83. The van der Waals surface area contributed by atoms with E-state index in [1.54, 1.807) is 6.20 Å². The molecule has 2 atom stereocenters. The van der Waals surface area contributed by atoms with Crippen LogP contribution in [0, 0.1) is 17.2 Å². The Hall–Kier alpha value is -5.40. The molecule has 0 bridgehead atoms. The van der Waals surface area contributed by atoms with Crippen LogP contribution in [0.25, 0.3) is 54.9 Å². The number of hydrogen-bond acceptors (Lipinski definition) is 3. The van der Waals surface area contributed by atoms with Crippen LogP contribution in [0.3, 0.4) is 0 Å². The van der Waals surface area contributed by atoms with Crippen LogP contribution in [0.4, 0.5) is 0 Å². The van der Waals surface area contributed by atoms with Crippen LogP contribution in [-0.4, -0.2) is 9.55 Å². The average Bonchev–Trinajstić information content (AvgIpc) is 3.56. The second-order valence-corrected chi connectivity index (χ2v) is 10.2. The van der Waals surface area contributed by atoms with Crippen LogP contribution in [0.2, 0.25) is 0 Å². The Labute approximate surface area is 230 Å². The summed E-state index contributed by atoms with van der Waals surface area (Å²) in [5.74, 6) is -0.409. The zero-order chi connectivity index (χ0) is 26.6. The molecule has 8 rings (SSSR count). The van der Waals surface area contributed by atoms with Crippen LogP contribution < -0.4 is 0 Å². The van der Waals surface area contributed by atoms with Crippen molar-refractivity contribution in [3.8, 4) is 6.07 Å². The van der Waals surface area contributed by atoms with Gasteiger partial charge in [-0.25, -0.2) is 0 Å². The molecule has 0 fully saturated rings. The van der Waals surface area contributed by atoms with Crippen molar-refractivity contribution in [2.75, 3.05) is 0 Å². The van der Waals surface area contributed by atoms with E-state index < -0.39 is 5.92 Å². The fourth-order valence-electron chi connectivity index (χ4n) is 6.29. The number of aromatic nitrogens is 2. The van der Waals surface area contributed by atoms with E-state index in [2.05, 4.69) is 101 Å². The Morgan fingerprint density at radius 2 is 1.38 bits per heavy atom. The summed E-state index contributed by atoms with van der Waals surface area (Å²) in [7, 11) is 0. The molecule has 40 heavy (non-hydrogen) atoms. The van der Waals surface area contributed by atoms with Crippen LogP contribution in [0.5, 0.6) is 0 Å². The monoisotopic (exact) mass is 513 g/mol. The van der Waals surface area contributed by atoms with Gasteiger partial charge in [-0.2, -0.15) is 5.26 Å². The van der Waals surface area contributed by atoms with Gasteiger partial charge in [-0.15, -0.1) is 0 Å². The van der Waals surface area contributed by atoms with Gasteiger partial charge in [0.1, 0.15) is 11.2 Å². The third-order valence-corrected chi connectivity index (χ3v) is 8.04. The molecule has 0 N–H and O–H groups in total. The van der Waals surface area contributed by atoms with Gasteiger partial charge in [-0.3, -0.25) is 4.98 Å². The number of allylic oxidation sites excluding steroid dienone is 4. The van der Waals surface area contributed by atoms with Gasteiger partial charge in [0.2, 0.25) is 0 Å². The van der Waals surface area contributed by atoms with Gasteiger partial charge in [-0.1, -0.05) is 72.8 Å². The number of rotatable bonds is 3. The molecular formula is C36H23N3O. The van der Waals surface area contributed by atoms with Crippen LogP contribution >= 0.6 is 0 Å². The normalized spacial score (nSPS) is 17.3. The molecule has 188 valence electrons. The second-order valence-electron chi connectivity index (χ2n) is 10.2. The standard InChI is InChI=1S/C36H23N3O/c37-22-25-19-24(31-12-7-8-18-38-31)21-29(23-16-17-35-30(20-23)28-11-3-6-15-34(28)40-35)36(25)39-32-13-4-1-9-26(32)27-10-2-5-14-33(27)39/h1-21,25,36H. The summed E-state index contributed by atoms with van der Waals surface area (Å²) in [6.07, 6.45) is 6.09. The Morgan fingerprint density at radius 3 is 2.10 bits per heavy atom. The molecule has 3 heterocycles. The van der Waals surface area contributed by atoms with Crippen molar-refractivity contribution < 1.29 is 4.42 Å². The van der Waals surface area contributed by atoms with Gasteiger partial charge in [0.25, 0.3) is 0 Å². The lowest BCUT2D eigenvalue weighted by molar-refractivity contribution is 0.577. The van der Waals surface area contributed by atoms with Crippen molar-refractivity contribution in [1.82, 2.24) is 9.55 Å². The first-order chi connectivity index (χ1) is 19.8. The van der Waals surface area contributed by atoms with Gasteiger partial charge in [0, 0.05) is 38.8 Å². The maximum absolute atomic E-state index is 10.6. The van der Waals surface area contributed by atoms with E-state index >= 15 is 0 Å². The average molecular weight is 514 g/mol. The van der Waals surface area contributed by atoms with E-state index in [1.165, 1.54) is 10.8 Å². The molecule has 0 saturated heterocycles. The predicted octanol–water partition coefficient (Wildman–Crippen LogP) is 8.95. The molecule has 0 saturated carbocycles. The van der Waals surface area contributed by atoms with Gasteiger partial charge in [-0.05, 0) is 65.3 Å². The Balaban J connectivity index is 1.43. The quantitative estimate of drug-likeness (QED) is 0.237. The molecule has 4 heteroatoms. The Morgan fingerprint density at radius 1 is 0.700 bits per heavy atom. The number of nitriles is 1. The van der Waals surface area contributed by atoms with Gasteiger partial charge in [0.15, 0.2) is 0 Å². The first kappa shape index (κ1) is 22.6. The lowest BCUT2D eigenvalue weighted by Gasteiger charge is -2.31. The number of hydrogen-bond donors (Lipinski definition) is 0. The molecule has 0 amide bonds.